The first-order chi connectivity index (χ1) is 14.8. The van der Waals surface area contributed by atoms with Crippen LogP contribution in [-0.2, 0) is 31.9 Å². The van der Waals surface area contributed by atoms with E-state index in [1.165, 1.54) is 12.1 Å². The lowest BCUT2D eigenvalue weighted by atomic mass is 9.99. The highest BCUT2D eigenvalue weighted by Gasteiger charge is 2.10. The average molecular weight is 428 g/mol. The maximum atomic E-state index is 14.5. The SMILES string of the molecule is C=CC(=O)OCCc1ccc(-c2ccc(CCCCOC(=O)C(=C)C)c(F)c2)cc1F. The van der Waals surface area contributed by atoms with E-state index in [4.69, 9.17) is 9.47 Å². The van der Waals surface area contributed by atoms with Crippen molar-refractivity contribution >= 4 is 11.9 Å². The third-order valence-corrected chi connectivity index (χ3v) is 4.64. The minimum absolute atomic E-state index is 0.0524. The van der Waals surface area contributed by atoms with Gasteiger partial charge in [0.15, 0.2) is 0 Å². The Hall–Kier alpha value is -3.28. The number of benzene rings is 2. The highest BCUT2D eigenvalue weighted by atomic mass is 19.1. The number of aryl methyl sites for hydroxylation is 1. The zero-order valence-corrected chi connectivity index (χ0v) is 17.6. The van der Waals surface area contributed by atoms with Crippen molar-refractivity contribution in [3.63, 3.8) is 0 Å². The standard InChI is InChI=1S/C25H26F2O4/c1-4-24(28)30-14-12-19-9-11-21(16-23(19)27)20-10-8-18(22(26)15-20)7-5-6-13-31-25(29)17(2)3/h4,8-11,15-16H,1-2,5-7,12-14H2,3H3. The van der Waals surface area contributed by atoms with Gasteiger partial charge in [0.1, 0.15) is 11.6 Å². The van der Waals surface area contributed by atoms with Crippen molar-refractivity contribution in [2.45, 2.75) is 32.6 Å². The first-order valence-electron chi connectivity index (χ1n) is 10.0. The molecule has 0 aliphatic carbocycles. The molecule has 6 heteroatoms. The van der Waals surface area contributed by atoms with Crippen LogP contribution >= 0.6 is 0 Å². The van der Waals surface area contributed by atoms with Gasteiger partial charge < -0.3 is 9.47 Å². The van der Waals surface area contributed by atoms with E-state index in [0.29, 0.717) is 47.1 Å². The molecule has 0 bridgehead atoms. The van der Waals surface area contributed by atoms with E-state index >= 15 is 0 Å². The van der Waals surface area contributed by atoms with Crippen molar-refractivity contribution in [2.24, 2.45) is 0 Å². The lowest BCUT2D eigenvalue weighted by Crippen LogP contribution is -2.06. The molecular weight excluding hydrogens is 402 g/mol. The molecule has 0 radical (unpaired) electrons. The molecule has 0 saturated carbocycles. The zero-order valence-electron chi connectivity index (χ0n) is 17.6. The Bertz CT molecular complexity index is 966. The fraction of sp³-hybridized carbons (Fsp3) is 0.280. The van der Waals surface area contributed by atoms with Gasteiger partial charge in [-0.2, -0.15) is 0 Å². The van der Waals surface area contributed by atoms with Gasteiger partial charge in [0.25, 0.3) is 0 Å². The summed E-state index contributed by atoms with van der Waals surface area (Å²) in [5.41, 5.74) is 2.44. The molecule has 0 N–H and O–H groups in total. The molecule has 0 fully saturated rings. The Morgan fingerprint density at radius 1 is 0.903 bits per heavy atom. The van der Waals surface area contributed by atoms with Crippen LogP contribution in [0.2, 0.25) is 0 Å². The number of carbonyl (C=O) groups is 2. The first kappa shape index (κ1) is 24.0. The fourth-order valence-corrected chi connectivity index (χ4v) is 2.89. The molecule has 2 aromatic carbocycles. The number of carbonyl (C=O) groups excluding carboxylic acids is 2. The minimum Gasteiger partial charge on any atom is -0.462 e. The maximum Gasteiger partial charge on any atom is 0.333 e. The summed E-state index contributed by atoms with van der Waals surface area (Å²) in [4.78, 5) is 22.3. The van der Waals surface area contributed by atoms with E-state index in [1.807, 2.05) is 0 Å². The van der Waals surface area contributed by atoms with E-state index in [9.17, 15) is 18.4 Å². The van der Waals surface area contributed by atoms with E-state index < -0.39 is 17.8 Å². The van der Waals surface area contributed by atoms with Crippen molar-refractivity contribution in [3.05, 3.63) is 84.0 Å². The van der Waals surface area contributed by atoms with Crippen molar-refractivity contribution in [2.75, 3.05) is 13.2 Å². The first-order valence-corrected chi connectivity index (χ1v) is 10.0. The lowest BCUT2D eigenvalue weighted by molar-refractivity contribution is -0.139. The molecule has 0 unspecified atom stereocenters. The van der Waals surface area contributed by atoms with Gasteiger partial charge in [-0.05, 0) is 60.6 Å². The topological polar surface area (TPSA) is 52.6 Å². The van der Waals surface area contributed by atoms with Crippen LogP contribution in [0.3, 0.4) is 0 Å². The van der Waals surface area contributed by atoms with Gasteiger partial charge >= 0.3 is 11.9 Å². The van der Waals surface area contributed by atoms with Crippen LogP contribution in [0.25, 0.3) is 11.1 Å². The summed E-state index contributed by atoms with van der Waals surface area (Å²) in [7, 11) is 0. The summed E-state index contributed by atoms with van der Waals surface area (Å²) < 4.78 is 38.7. The number of hydrogen-bond acceptors (Lipinski definition) is 4. The van der Waals surface area contributed by atoms with E-state index in [1.54, 1.807) is 31.2 Å². The summed E-state index contributed by atoms with van der Waals surface area (Å²) in [6.45, 7) is 8.71. The predicted octanol–water partition coefficient (Wildman–Crippen LogP) is 5.35. The molecule has 0 aliphatic heterocycles. The molecule has 0 aromatic heterocycles. The molecule has 2 aromatic rings. The molecule has 2 rings (SSSR count). The predicted molar refractivity (Wildman–Crippen MR) is 115 cm³/mol. The summed E-state index contributed by atoms with van der Waals surface area (Å²) >= 11 is 0. The van der Waals surface area contributed by atoms with Gasteiger partial charge in [-0.25, -0.2) is 18.4 Å². The van der Waals surface area contributed by atoms with E-state index in [-0.39, 0.29) is 25.5 Å². The van der Waals surface area contributed by atoms with Crippen LogP contribution in [0.4, 0.5) is 8.78 Å². The molecule has 164 valence electrons. The van der Waals surface area contributed by atoms with Crippen LogP contribution in [-0.4, -0.2) is 25.2 Å². The molecule has 31 heavy (non-hydrogen) atoms. The molecule has 0 aliphatic rings. The normalized spacial score (nSPS) is 10.4. The smallest absolute Gasteiger partial charge is 0.333 e. The van der Waals surface area contributed by atoms with Crippen LogP contribution in [0.5, 0.6) is 0 Å². The van der Waals surface area contributed by atoms with Gasteiger partial charge in [-0.3, -0.25) is 0 Å². The molecule has 0 amide bonds. The Balaban J connectivity index is 1.92. The van der Waals surface area contributed by atoms with Gasteiger partial charge in [-0.1, -0.05) is 37.4 Å². The second-order valence-corrected chi connectivity index (χ2v) is 7.11. The quantitative estimate of drug-likeness (QED) is 0.275. The molecule has 0 atom stereocenters. The summed E-state index contributed by atoms with van der Waals surface area (Å²) in [6.07, 6.45) is 3.08. The molecule has 0 heterocycles. The fourth-order valence-electron chi connectivity index (χ4n) is 2.89. The second-order valence-electron chi connectivity index (χ2n) is 7.11. The summed E-state index contributed by atoms with van der Waals surface area (Å²) in [5.74, 6) is -1.79. The van der Waals surface area contributed by atoms with Gasteiger partial charge in [0, 0.05) is 18.1 Å². The van der Waals surface area contributed by atoms with Crippen molar-refractivity contribution in [1.29, 1.82) is 0 Å². The Labute approximate surface area is 181 Å². The summed E-state index contributed by atoms with van der Waals surface area (Å²) in [5, 5.41) is 0. The number of unbranched alkanes of at least 4 members (excludes halogenated alkanes) is 1. The summed E-state index contributed by atoms with van der Waals surface area (Å²) in [6, 6.07) is 9.47. The van der Waals surface area contributed by atoms with Crippen molar-refractivity contribution in [1.82, 2.24) is 0 Å². The number of rotatable bonds is 11. The molecule has 0 saturated heterocycles. The third-order valence-electron chi connectivity index (χ3n) is 4.64. The zero-order chi connectivity index (χ0) is 22.8. The highest BCUT2D eigenvalue weighted by Crippen LogP contribution is 2.25. The molecule has 0 spiro atoms. The van der Waals surface area contributed by atoms with Gasteiger partial charge in [-0.15, -0.1) is 0 Å². The number of hydrogen-bond donors (Lipinski definition) is 0. The second kappa shape index (κ2) is 11.8. The van der Waals surface area contributed by atoms with E-state index in [2.05, 4.69) is 13.2 Å². The number of esters is 2. The highest BCUT2D eigenvalue weighted by molar-refractivity contribution is 5.86. The minimum atomic E-state index is -0.555. The van der Waals surface area contributed by atoms with Crippen LogP contribution < -0.4 is 0 Å². The largest absolute Gasteiger partial charge is 0.462 e. The lowest BCUT2D eigenvalue weighted by Gasteiger charge is -2.09. The van der Waals surface area contributed by atoms with Crippen LogP contribution in [0.15, 0.2) is 61.2 Å². The van der Waals surface area contributed by atoms with Crippen molar-refractivity contribution in [3.8, 4) is 11.1 Å². The van der Waals surface area contributed by atoms with Crippen LogP contribution in [0.1, 0.15) is 30.9 Å². The Morgan fingerprint density at radius 3 is 2.00 bits per heavy atom. The van der Waals surface area contributed by atoms with Crippen LogP contribution in [0, 0.1) is 11.6 Å². The van der Waals surface area contributed by atoms with Gasteiger partial charge in [0.05, 0.1) is 13.2 Å². The third kappa shape index (κ3) is 7.48. The monoisotopic (exact) mass is 428 g/mol. The van der Waals surface area contributed by atoms with E-state index in [0.717, 1.165) is 6.08 Å². The molecule has 4 nitrogen and oxygen atoms in total. The average Bonchev–Trinajstić information content (AvgIpc) is 2.75. The van der Waals surface area contributed by atoms with Gasteiger partial charge in [0.2, 0.25) is 0 Å². The maximum absolute atomic E-state index is 14.5. The number of ether oxygens (including phenoxy) is 2. The Kier molecular flexibility index (Phi) is 9.13. The van der Waals surface area contributed by atoms with Crippen molar-refractivity contribution < 1.29 is 27.8 Å². The number of halogens is 2. The Morgan fingerprint density at radius 2 is 1.48 bits per heavy atom. The molecular formula is C25H26F2O4.